The standard InChI is InChI=1S/C29H32Cl3N3O4S/c1-4-5-17-33-29(37)21(3)34(18-22-11-13-23(30)14-12-22)27(36)19-35(26-8-6-7-25(31)28(26)32)40(38,39)24-15-9-20(2)10-16-24/h6-16,21H,4-5,17-19H2,1-3H3,(H,33,37)/t21-/m1/s1. The average molecular weight is 625 g/mol. The molecule has 0 radical (unpaired) electrons. The molecule has 0 saturated carbocycles. The van der Waals surface area contributed by atoms with Crippen LogP contribution in [0, 0.1) is 6.92 Å². The third-order valence-electron chi connectivity index (χ3n) is 6.35. The molecular weight excluding hydrogens is 593 g/mol. The molecule has 0 spiro atoms. The van der Waals surface area contributed by atoms with Gasteiger partial charge in [0.2, 0.25) is 11.8 Å². The van der Waals surface area contributed by atoms with E-state index < -0.39 is 28.5 Å². The first-order valence-corrected chi connectivity index (χ1v) is 15.4. The number of nitrogens with one attached hydrogen (secondary N) is 1. The van der Waals surface area contributed by atoms with Crippen LogP contribution in [0.3, 0.4) is 0 Å². The zero-order valence-electron chi connectivity index (χ0n) is 22.5. The van der Waals surface area contributed by atoms with Gasteiger partial charge in [0, 0.05) is 18.1 Å². The minimum Gasteiger partial charge on any atom is -0.354 e. The number of halogens is 3. The number of anilines is 1. The van der Waals surface area contributed by atoms with Crippen molar-refractivity contribution in [1.29, 1.82) is 0 Å². The molecule has 3 aromatic carbocycles. The lowest BCUT2D eigenvalue weighted by atomic mass is 10.1. The molecule has 0 bridgehead atoms. The van der Waals surface area contributed by atoms with Gasteiger partial charge >= 0.3 is 0 Å². The van der Waals surface area contributed by atoms with Crippen LogP contribution < -0.4 is 9.62 Å². The quantitative estimate of drug-likeness (QED) is 0.234. The van der Waals surface area contributed by atoms with E-state index in [1.54, 1.807) is 49.4 Å². The van der Waals surface area contributed by atoms with Gasteiger partial charge in [-0.1, -0.05) is 84.0 Å². The van der Waals surface area contributed by atoms with Crippen molar-refractivity contribution in [2.75, 3.05) is 17.4 Å². The van der Waals surface area contributed by atoms with Crippen molar-refractivity contribution in [3.05, 3.63) is 92.9 Å². The minimum atomic E-state index is -4.26. The van der Waals surface area contributed by atoms with E-state index in [0.29, 0.717) is 11.6 Å². The largest absolute Gasteiger partial charge is 0.354 e. The summed E-state index contributed by atoms with van der Waals surface area (Å²) in [5.74, 6) is -0.940. The van der Waals surface area contributed by atoms with E-state index in [4.69, 9.17) is 34.8 Å². The van der Waals surface area contributed by atoms with Gasteiger partial charge in [-0.05, 0) is 62.2 Å². The third-order valence-corrected chi connectivity index (χ3v) is 9.19. The fraction of sp³-hybridized carbons (Fsp3) is 0.310. The zero-order valence-corrected chi connectivity index (χ0v) is 25.6. The van der Waals surface area contributed by atoms with Gasteiger partial charge in [0.25, 0.3) is 10.0 Å². The molecule has 3 aromatic rings. The van der Waals surface area contributed by atoms with Crippen LogP contribution in [0.15, 0.2) is 71.6 Å². The summed E-state index contributed by atoms with van der Waals surface area (Å²) in [6.07, 6.45) is 1.69. The Morgan fingerprint density at radius 2 is 1.60 bits per heavy atom. The van der Waals surface area contributed by atoms with Crippen LogP contribution >= 0.6 is 34.8 Å². The number of rotatable bonds is 12. The molecule has 11 heteroatoms. The predicted octanol–water partition coefficient (Wildman–Crippen LogP) is 6.48. The summed E-state index contributed by atoms with van der Waals surface area (Å²) >= 11 is 18.7. The maximum Gasteiger partial charge on any atom is 0.264 e. The number of hydrogen-bond donors (Lipinski definition) is 1. The smallest absolute Gasteiger partial charge is 0.264 e. The second-order valence-electron chi connectivity index (χ2n) is 9.37. The number of nitrogens with zero attached hydrogens (tertiary/aromatic N) is 2. The molecule has 214 valence electrons. The number of hydrogen-bond acceptors (Lipinski definition) is 4. The molecule has 0 saturated heterocycles. The molecule has 0 heterocycles. The van der Waals surface area contributed by atoms with Gasteiger partial charge < -0.3 is 10.2 Å². The van der Waals surface area contributed by atoms with E-state index in [1.165, 1.54) is 29.2 Å². The second kappa shape index (κ2) is 14.2. The molecule has 1 atom stereocenters. The molecule has 0 aliphatic carbocycles. The van der Waals surface area contributed by atoms with Gasteiger partial charge in [0.1, 0.15) is 12.6 Å². The number of benzene rings is 3. The Morgan fingerprint density at radius 1 is 0.950 bits per heavy atom. The van der Waals surface area contributed by atoms with Gasteiger partial charge in [0.15, 0.2) is 0 Å². The Bertz CT molecular complexity index is 1430. The molecule has 2 amide bonds. The maximum absolute atomic E-state index is 13.9. The molecular formula is C29H32Cl3N3O4S. The SMILES string of the molecule is CCCCNC(=O)[C@@H](C)N(Cc1ccc(Cl)cc1)C(=O)CN(c1cccc(Cl)c1Cl)S(=O)(=O)c1ccc(C)cc1. The summed E-state index contributed by atoms with van der Waals surface area (Å²) in [4.78, 5) is 28.3. The van der Waals surface area contributed by atoms with E-state index in [2.05, 4.69) is 5.32 Å². The molecule has 40 heavy (non-hydrogen) atoms. The first kappa shape index (κ1) is 31.7. The van der Waals surface area contributed by atoms with Crippen molar-refractivity contribution in [2.45, 2.75) is 51.1 Å². The Balaban J connectivity index is 2.04. The monoisotopic (exact) mass is 623 g/mol. The number of carbonyl (C=O) groups excluding carboxylic acids is 2. The summed E-state index contributed by atoms with van der Waals surface area (Å²) in [6.45, 7) is 5.37. The summed E-state index contributed by atoms with van der Waals surface area (Å²) < 4.78 is 28.7. The highest BCUT2D eigenvalue weighted by atomic mass is 35.5. The van der Waals surface area contributed by atoms with Gasteiger partial charge in [-0.3, -0.25) is 13.9 Å². The molecule has 0 fully saturated rings. The Morgan fingerprint density at radius 3 is 2.23 bits per heavy atom. The lowest BCUT2D eigenvalue weighted by Crippen LogP contribution is -2.51. The predicted molar refractivity (Wildman–Crippen MR) is 162 cm³/mol. The van der Waals surface area contributed by atoms with E-state index in [-0.39, 0.29) is 33.1 Å². The van der Waals surface area contributed by atoms with Crippen molar-refractivity contribution < 1.29 is 18.0 Å². The van der Waals surface area contributed by atoms with Crippen LogP contribution in [0.4, 0.5) is 5.69 Å². The summed E-state index contributed by atoms with van der Waals surface area (Å²) in [5.41, 5.74) is 1.65. The molecule has 1 N–H and O–H groups in total. The van der Waals surface area contributed by atoms with E-state index in [9.17, 15) is 18.0 Å². The molecule has 7 nitrogen and oxygen atoms in total. The van der Waals surface area contributed by atoms with Crippen LogP contribution in [0.1, 0.15) is 37.8 Å². The average Bonchev–Trinajstić information content (AvgIpc) is 2.93. The fourth-order valence-corrected chi connectivity index (χ4v) is 5.94. The zero-order chi connectivity index (χ0) is 29.4. The van der Waals surface area contributed by atoms with Crippen LogP contribution in [0.5, 0.6) is 0 Å². The van der Waals surface area contributed by atoms with Gasteiger partial charge in [-0.15, -0.1) is 0 Å². The number of unbranched alkanes of at least 4 members (excludes halogenated alkanes) is 1. The van der Waals surface area contributed by atoms with Gasteiger partial charge in [-0.25, -0.2) is 8.42 Å². The normalized spacial score (nSPS) is 12.1. The third kappa shape index (κ3) is 7.91. The summed E-state index contributed by atoms with van der Waals surface area (Å²) in [7, 11) is -4.26. The first-order chi connectivity index (χ1) is 18.9. The van der Waals surface area contributed by atoms with Crippen molar-refractivity contribution in [3.63, 3.8) is 0 Å². The van der Waals surface area contributed by atoms with E-state index in [1.807, 2.05) is 13.8 Å². The topological polar surface area (TPSA) is 86.8 Å². The number of carbonyl (C=O) groups is 2. The summed E-state index contributed by atoms with van der Waals surface area (Å²) in [6, 6.07) is 16.8. The fourth-order valence-electron chi connectivity index (χ4n) is 3.94. The molecule has 0 aromatic heterocycles. The molecule has 0 unspecified atom stereocenters. The maximum atomic E-state index is 13.9. The lowest BCUT2D eigenvalue weighted by Gasteiger charge is -2.32. The number of amides is 2. The van der Waals surface area contributed by atoms with Crippen LogP contribution in [0.2, 0.25) is 15.1 Å². The molecule has 0 aliphatic rings. The van der Waals surface area contributed by atoms with Crippen molar-refractivity contribution in [3.8, 4) is 0 Å². The van der Waals surface area contributed by atoms with Crippen LogP contribution in [-0.2, 0) is 26.2 Å². The second-order valence-corrected chi connectivity index (χ2v) is 12.5. The van der Waals surface area contributed by atoms with E-state index >= 15 is 0 Å². The number of aryl methyl sites for hydroxylation is 1. The van der Waals surface area contributed by atoms with Crippen molar-refractivity contribution in [1.82, 2.24) is 10.2 Å². The van der Waals surface area contributed by atoms with Crippen molar-refractivity contribution in [2.24, 2.45) is 0 Å². The highest BCUT2D eigenvalue weighted by Gasteiger charge is 2.33. The lowest BCUT2D eigenvalue weighted by molar-refractivity contribution is -0.139. The minimum absolute atomic E-state index is 0.0118. The molecule has 0 aliphatic heterocycles. The Hall–Kier alpha value is -2.78. The first-order valence-electron chi connectivity index (χ1n) is 12.8. The highest BCUT2D eigenvalue weighted by molar-refractivity contribution is 7.92. The Labute approximate surface area is 251 Å². The number of sulfonamides is 1. The van der Waals surface area contributed by atoms with Gasteiger partial charge in [-0.2, -0.15) is 0 Å². The highest BCUT2D eigenvalue weighted by Crippen LogP contribution is 2.35. The van der Waals surface area contributed by atoms with E-state index in [0.717, 1.165) is 28.3 Å². The Kier molecular flexibility index (Phi) is 11.3. The van der Waals surface area contributed by atoms with Crippen LogP contribution in [0.25, 0.3) is 0 Å². The van der Waals surface area contributed by atoms with Crippen LogP contribution in [-0.4, -0.2) is 44.3 Å². The van der Waals surface area contributed by atoms with Crippen molar-refractivity contribution >= 4 is 62.3 Å². The van der Waals surface area contributed by atoms with Gasteiger partial charge in [0.05, 0.1) is 20.6 Å². The molecule has 3 rings (SSSR count). The summed E-state index contributed by atoms with van der Waals surface area (Å²) in [5, 5.41) is 3.50.